The summed E-state index contributed by atoms with van der Waals surface area (Å²) in [5, 5.41) is 0. The lowest BCUT2D eigenvalue weighted by molar-refractivity contribution is 0.0971. The van der Waals surface area contributed by atoms with E-state index in [1.165, 1.54) is 11.4 Å². The molecule has 2 heteroatoms. The first-order valence-corrected chi connectivity index (χ1v) is 6.42. The molecular weight excluding hydrogens is 198 g/mol. The van der Waals surface area contributed by atoms with Crippen molar-refractivity contribution in [3.63, 3.8) is 0 Å². The second-order valence-electron chi connectivity index (χ2n) is 4.76. The van der Waals surface area contributed by atoms with Gasteiger partial charge in [-0.25, -0.2) is 0 Å². The number of fused-ring (bicyclic) bond motifs is 1. The second-order valence-corrected chi connectivity index (χ2v) is 4.76. The first-order valence-electron chi connectivity index (χ1n) is 6.42. The summed E-state index contributed by atoms with van der Waals surface area (Å²) in [7, 11) is 0. The molecule has 0 fully saturated rings. The summed E-state index contributed by atoms with van der Waals surface area (Å²) in [4.78, 5) is 11.8. The van der Waals surface area contributed by atoms with Crippen LogP contribution in [-0.2, 0) is 6.42 Å². The largest absolute Gasteiger partial charge is 0.345 e. The van der Waals surface area contributed by atoms with E-state index < -0.39 is 0 Å². The minimum Gasteiger partial charge on any atom is -0.345 e. The number of hydrogen-bond donors (Lipinski definition) is 0. The van der Waals surface area contributed by atoms with E-state index in [0.717, 1.165) is 37.7 Å². The van der Waals surface area contributed by atoms with Crippen LogP contribution in [0.1, 0.15) is 67.3 Å². The molecule has 88 valence electrons. The van der Waals surface area contributed by atoms with Gasteiger partial charge < -0.3 is 4.57 Å². The van der Waals surface area contributed by atoms with Gasteiger partial charge in [-0.1, -0.05) is 13.8 Å². The van der Waals surface area contributed by atoms with E-state index in [-0.39, 0.29) is 0 Å². The van der Waals surface area contributed by atoms with Crippen molar-refractivity contribution in [2.75, 3.05) is 0 Å². The van der Waals surface area contributed by atoms with Crippen LogP contribution in [0, 0.1) is 6.92 Å². The molecule has 0 radical (unpaired) electrons. The predicted octanol–water partition coefficient (Wildman–Crippen LogP) is 3.68. The number of Topliss-reactive ketones (excluding diaryl/α,β-unsaturated/α-hetero) is 1. The summed E-state index contributed by atoms with van der Waals surface area (Å²) < 4.78 is 2.41. The molecule has 0 N–H and O–H groups in total. The van der Waals surface area contributed by atoms with Crippen molar-refractivity contribution in [1.82, 2.24) is 4.57 Å². The Labute approximate surface area is 97.7 Å². The molecule has 2 nitrogen and oxygen atoms in total. The number of carbonyl (C=O) groups is 1. The molecular formula is C14H21NO. The molecule has 0 atom stereocenters. The zero-order chi connectivity index (χ0) is 11.7. The van der Waals surface area contributed by atoms with Crippen molar-refractivity contribution in [2.45, 2.75) is 58.9 Å². The van der Waals surface area contributed by atoms with Crippen LogP contribution in [0.15, 0.2) is 6.07 Å². The molecule has 1 aromatic heterocycles. The molecule has 0 amide bonds. The standard InChI is InChI=1S/C14H21NO/c1-4-11(5-2)15-10(3)9-12-13(15)7-6-8-14(12)16/h9,11H,4-8H2,1-3H3. The Balaban J connectivity index is 2.49. The van der Waals surface area contributed by atoms with Crippen LogP contribution in [-0.4, -0.2) is 10.4 Å². The molecule has 16 heavy (non-hydrogen) atoms. The Kier molecular flexibility index (Phi) is 3.17. The second kappa shape index (κ2) is 4.44. The topological polar surface area (TPSA) is 22.0 Å². The molecule has 0 aromatic carbocycles. The monoisotopic (exact) mass is 219 g/mol. The summed E-state index contributed by atoms with van der Waals surface area (Å²) in [5.41, 5.74) is 3.55. The van der Waals surface area contributed by atoms with Gasteiger partial charge in [-0.15, -0.1) is 0 Å². The van der Waals surface area contributed by atoms with Crippen molar-refractivity contribution in [3.05, 3.63) is 23.0 Å². The van der Waals surface area contributed by atoms with Gasteiger partial charge in [0.25, 0.3) is 0 Å². The lowest BCUT2D eigenvalue weighted by Crippen LogP contribution is -2.17. The van der Waals surface area contributed by atoms with Gasteiger partial charge in [0.05, 0.1) is 0 Å². The number of aryl methyl sites for hydroxylation is 1. The molecule has 1 aliphatic carbocycles. The molecule has 0 spiro atoms. The SMILES string of the molecule is CCC(CC)n1c(C)cc2c1CCCC2=O. The van der Waals surface area contributed by atoms with Gasteiger partial charge in [-0.2, -0.15) is 0 Å². The number of hydrogen-bond acceptors (Lipinski definition) is 1. The number of rotatable bonds is 3. The number of carbonyl (C=O) groups excluding carboxylic acids is 1. The van der Waals surface area contributed by atoms with Crippen LogP contribution in [0.2, 0.25) is 0 Å². The van der Waals surface area contributed by atoms with Crippen LogP contribution in [0.4, 0.5) is 0 Å². The fraction of sp³-hybridized carbons (Fsp3) is 0.643. The average Bonchev–Trinajstić information content (AvgIpc) is 2.60. The van der Waals surface area contributed by atoms with E-state index in [1.807, 2.05) is 0 Å². The van der Waals surface area contributed by atoms with E-state index in [4.69, 9.17) is 0 Å². The van der Waals surface area contributed by atoms with Crippen molar-refractivity contribution in [3.8, 4) is 0 Å². The lowest BCUT2D eigenvalue weighted by Gasteiger charge is -2.23. The highest BCUT2D eigenvalue weighted by molar-refractivity contribution is 5.98. The van der Waals surface area contributed by atoms with E-state index >= 15 is 0 Å². The average molecular weight is 219 g/mol. The highest BCUT2D eigenvalue weighted by Gasteiger charge is 2.24. The van der Waals surface area contributed by atoms with Gasteiger partial charge in [0.1, 0.15) is 0 Å². The first-order chi connectivity index (χ1) is 7.69. The molecule has 0 aliphatic heterocycles. The van der Waals surface area contributed by atoms with Gasteiger partial charge in [-0.05, 0) is 38.7 Å². The van der Waals surface area contributed by atoms with Crippen LogP contribution in [0.25, 0.3) is 0 Å². The number of nitrogens with zero attached hydrogens (tertiary/aromatic N) is 1. The maximum Gasteiger partial charge on any atom is 0.164 e. The van der Waals surface area contributed by atoms with Gasteiger partial charge in [-0.3, -0.25) is 4.79 Å². The van der Waals surface area contributed by atoms with Gasteiger partial charge >= 0.3 is 0 Å². The molecule has 1 heterocycles. The normalized spacial score (nSPS) is 15.6. The number of aromatic nitrogens is 1. The fourth-order valence-corrected chi connectivity index (χ4v) is 2.91. The minimum absolute atomic E-state index is 0.342. The number of ketones is 1. The summed E-state index contributed by atoms with van der Waals surface area (Å²) in [5.74, 6) is 0.342. The van der Waals surface area contributed by atoms with Crippen LogP contribution in [0.3, 0.4) is 0 Å². The lowest BCUT2D eigenvalue weighted by atomic mass is 9.96. The van der Waals surface area contributed by atoms with E-state index in [1.54, 1.807) is 0 Å². The molecule has 2 rings (SSSR count). The summed E-state index contributed by atoms with van der Waals surface area (Å²) >= 11 is 0. The third-order valence-electron chi connectivity index (χ3n) is 3.76. The highest BCUT2D eigenvalue weighted by Crippen LogP contribution is 2.30. The highest BCUT2D eigenvalue weighted by atomic mass is 16.1. The van der Waals surface area contributed by atoms with Gasteiger partial charge in [0.15, 0.2) is 5.78 Å². The maximum atomic E-state index is 11.8. The minimum atomic E-state index is 0.342. The zero-order valence-electron chi connectivity index (χ0n) is 10.5. The van der Waals surface area contributed by atoms with E-state index in [2.05, 4.69) is 31.4 Å². The van der Waals surface area contributed by atoms with Crippen molar-refractivity contribution >= 4 is 5.78 Å². The van der Waals surface area contributed by atoms with E-state index in [9.17, 15) is 4.79 Å². The molecule has 1 aromatic rings. The van der Waals surface area contributed by atoms with Crippen molar-refractivity contribution in [2.24, 2.45) is 0 Å². The summed E-state index contributed by atoms with van der Waals surface area (Å²) in [6, 6.07) is 2.66. The molecule has 0 saturated heterocycles. The maximum absolute atomic E-state index is 11.8. The zero-order valence-corrected chi connectivity index (χ0v) is 10.5. The van der Waals surface area contributed by atoms with E-state index in [0.29, 0.717) is 11.8 Å². The first kappa shape index (κ1) is 11.4. The predicted molar refractivity (Wildman–Crippen MR) is 66.1 cm³/mol. The Morgan fingerprint density at radius 1 is 1.31 bits per heavy atom. The smallest absolute Gasteiger partial charge is 0.164 e. The third kappa shape index (κ3) is 1.70. The van der Waals surface area contributed by atoms with Gasteiger partial charge in [0, 0.05) is 29.4 Å². The fourth-order valence-electron chi connectivity index (χ4n) is 2.91. The van der Waals surface area contributed by atoms with Crippen LogP contribution >= 0.6 is 0 Å². The van der Waals surface area contributed by atoms with Crippen molar-refractivity contribution < 1.29 is 4.79 Å². The van der Waals surface area contributed by atoms with Gasteiger partial charge in [0.2, 0.25) is 0 Å². The summed E-state index contributed by atoms with van der Waals surface area (Å²) in [6.07, 6.45) is 5.12. The molecule has 1 aliphatic rings. The quantitative estimate of drug-likeness (QED) is 0.760. The third-order valence-corrected chi connectivity index (χ3v) is 3.76. The molecule has 0 bridgehead atoms. The van der Waals surface area contributed by atoms with Crippen molar-refractivity contribution in [1.29, 1.82) is 0 Å². The van der Waals surface area contributed by atoms with Crippen LogP contribution < -0.4 is 0 Å². The Morgan fingerprint density at radius 3 is 2.62 bits per heavy atom. The Hall–Kier alpha value is -1.05. The summed E-state index contributed by atoms with van der Waals surface area (Å²) in [6.45, 7) is 6.58. The molecule has 0 unspecified atom stereocenters. The molecule has 0 saturated carbocycles. The Bertz CT molecular complexity index is 399. The van der Waals surface area contributed by atoms with Crippen LogP contribution in [0.5, 0.6) is 0 Å². The Morgan fingerprint density at radius 2 is 2.00 bits per heavy atom.